The lowest BCUT2D eigenvalue weighted by Crippen LogP contribution is -2.46. The molecular formula is C11H20N2O4. The van der Waals surface area contributed by atoms with Crippen molar-refractivity contribution in [2.75, 3.05) is 19.6 Å². The number of rotatable bonds is 6. The lowest BCUT2D eigenvalue weighted by atomic mass is 9.85. The van der Waals surface area contributed by atoms with E-state index in [1.807, 2.05) is 6.92 Å². The molecule has 0 aromatic heterocycles. The van der Waals surface area contributed by atoms with Gasteiger partial charge in [-0.15, -0.1) is 0 Å². The molecule has 0 aromatic carbocycles. The van der Waals surface area contributed by atoms with E-state index < -0.39 is 12.1 Å². The first-order chi connectivity index (χ1) is 8.04. The van der Waals surface area contributed by atoms with E-state index in [4.69, 9.17) is 10.2 Å². The molecule has 1 fully saturated rings. The van der Waals surface area contributed by atoms with E-state index in [-0.39, 0.29) is 12.6 Å². The number of carboxylic acids is 1. The Kier molecular flexibility index (Phi) is 5.21. The van der Waals surface area contributed by atoms with Gasteiger partial charge in [0.1, 0.15) is 0 Å². The van der Waals surface area contributed by atoms with Gasteiger partial charge in [0, 0.05) is 13.1 Å². The quantitative estimate of drug-likeness (QED) is 0.625. The molecule has 1 aliphatic rings. The van der Waals surface area contributed by atoms with Gasteiger partial charge in [0.05, 0.1) is 6.54 Å². The van der Waals surface area contributed by atoms with E-state index in [9.17, 15) is 9.59 Å². The molecule has 1 unspecified atom stereocenters. The molecule has 0 spiro atoms. The first-order valence-electron chi connectivity index (χ1n) is 5.98. The fourth-order valence-corrected chi connectivity index (χ4v) is 1.73. The third-order valence-corrected chi connectivity index (χ3v) is 3.10. The van der Waals surface area contributed by atoms with E-state index in [1.54, 1.807) is 4.90 Å². The van der Waals surface area contributed by atoms with Crippen LogP contribution >= 0.6 is 0 Å². The van der Waals surface area contributed by atoms with Gasteiger partial charge in [-0.25, -0.2) is 9.59 Å². The zero-order valence-electron chi connectivity index (χ0n) is 10.1. The Labute approximate surface area is 101 Å². The summed E-state index contributed by atoms with van der Waals surface area (Å²) in [7, 11) is 0. The predicted octanol–water partition coefficient (Wildman–Crippen LogP) is 0.263. The Morgan fingerprint density at radius 3 is 2.53 bits per heavy atom. The van der Waals surface area contributed by atoms with Gasteiger partial charge < -0.3 is 20.4 Å². The summed E-state index contributed by atoms with van der Waals surface area (Å²) in [5.41, 5.74) is 0. The smallest absolute Gasteiger partial charge is 0.334 e. The molecule has 0 saturated heterocycles. The molecule has 0 aromatic rings. The molecule has 1 atom stereocenters. The van der Waals surface area contributed by atoms with Crippen molar-refractivity contribution in [2.45, 2.75) is 32.3 Å². The zero-order valence-corrected chi connectivity index (χ0v) is 10.1. The highest BCUT2D eigenvalue weighted by atomic mass is 16.4. The van der Waals surface area contributed by atoms with E-state index in [0.29, 0.717) is 19.0 Å². The maximum atomic E-state index is 11.7. The molecule has 0 heterocycles. The summed E-state index contributed by atoms with van der Waals surface area (Å²) in [5, 5.41) is 19.9. The molecule has 6 nitrogen and oxygen atoms in total. The number of amides is 2. The Morgan fingerprint density at radius 2 is 2.12 bits per heavy atom. The Morgan fingerprint density at radius 1 is 1.47 bits per heavy atom. The van der Waals surface area contributed by atoms with E-state index in [0.717, 1.165) is 12.8 Å². The number of aliphatic hydroxyl groups is 1. The Bertz CT molecular complexity index is 279. The topological polar surface area (TPSA) is 89.9 Å². The first kappa shape index (κ1) is 13.8. The van der Waals surface area contributed by atoms with Gasteiger partial charge in [-0.2, -0.15) is 0 Å². The van der Waals surface area contributed by atoms with Crippen LogP contribution in [-0.4, -0.2) is 52.9 Å². The van der Waals surface area contributed by atoms with Gasteiger partial charge in [-0.05, 0) is 25.7 Å². The third-order valence-electron chi connectivity index (χ3n) is 3.10. The second-order valence-electron chi connectivity index (χ2n) is 4.38. The highest BCUT2D eigenvalue weighted by Gasteiger charge is 2.23. The van der Waals surface area contributed by atoms with Crippen molar-refractivity contribution in [1.29, 1.82) is 0 Å². The monoisotopic (exact) mass is 244 g/mol. The number of carbonyl (C=O) groups is 2. The van der Waals surface area contributed by atoms with Crippen LogP contribution in [0.5, 0.6) is 0 Å². The summed E-state index contributed by atoms with van der Waals surface area (Å²) in [6.45, 7) is 2.93. The van der Waals surface area contributed by atoms with Crippen LogP contribution < -0.4 is 5.32 Å². The summed E-state index contributed by atoms with van der Waals surface area (Å²) in [5.74, 6) is -0.752. The average molecular weight is 244 g/mol. The fourth-order valence-electron chi connectivity index (χ4n) is 1.73. The lowest BCUT2D eigenvalue weighted by Gasteiger charge is -2.31. The number of hydrogen-bond acceptors (Lipinski definition) is 3. The van der Waals surface area contributed by atoms with Gasteiger partial charge in [-0.3, -0.25) is 0 Å². The summed E-state index contributed by atoms with van der Waals surface area (Å²) >= 11 is 0. The van der Waals surface area contributed by atoms with Crippen molar-refractivity contribution in [3.63, 3.8) is 0 Å². The summed E-state index contributed by atoms with van der Waals surface area (Å²) < 4.78 is 0. The molecule has 0 bridgehead atoms. The van der Waals surface area contributed by atoms with Crippen molar-refractivity contribution >= 4 is 12.0 Å². The minimum Gasteiger partial charge on any atom is -0.479 e. The van der Waals surface area contributed by atoms with E-state index >= 15 is 0 Å². The minimum atomic E-state index is -1.54. The van der Waals surface area contributed by atoms with Gasteiger partial charge in [0.2, 0.25) is 0 Å². The molecule has 98 valence electrons. The van der Waals surface area contributed by atoms with Crippen LogP contribution in [0.3, 0.4) is 0 Å². The normalized spacial score (nSPS) is 17.1. The summed E-state index contributed by atoms with van der Waals surface area (Å²) in [6.07, 6.45) is 1.99. The van der Waals surface area contributed by atoms with Crippen molar-refractivity contribution in [2.24, 2.45) is 5.92 Å². The number of hydrogen-bond donors (Lipinski definition) is 3. The molecular weight excluding hydrogens is 224 g/mol. The number of carboxylic acid groups (broad SMARTS) is 1. The molecule has 17 heavy (non-hydrogen) atoms. The summed E-state index contributed by atoms with van der Waals surface area (Å²) in [4.78, 5) is 23.7. The number of urea groups is 1. The molecule has 0 aliphatic heterocycles. The lowest BCUT2D eigenvalue weighted by molar-refractivity contribution is -0.146. The Balaban J connectivity index is 2.29. The maximum absolute atomic E-state index is 11.7. The number of nitrogens with one attached hydrogen (secondary N) is 1. The second kappa shape index (κ2) is 6.44. The van der Waals surface area contributed by atoms with E-state index in [1.165, 1.54) is 6.42 Å². The van der Waals surface area contributed by atoms with Crippen molar-refractivity contribution in [3.8, 4) is 0 Å². The highest BCUT2D eigenvalue weighted by Crippen LogP contribution is 2.26. The zero-order chi connectivity index (χ0) is 12.8. The van der Waals surface area contributed by atoms with Crippen molar-refractivity contribution < 1.29 is 19.8 Å². The van der Waals surface area contributed by atoms with Crippen LogP contribution in [0.4, 0.5) is 4.79 Å². The Hall–Kier alpha value is -1.30. The molecule has 3 N–H and O–H groups in total. The maximum Gasteiger partial charge on any atom is 0.334 e. The highest BCUT2D eigenvalue weighted by molar-refractivity contribution is 5.76. The second-order valence-corrected chi connectivity index (χ2v) is 4.38. The summed E-state index contributed by atoms with van der Waals surface area (Å²) in [6, 6.07) is -0.306. The van der Waals surface area contributed by atoms with Crippen LogP contribution in [0.15, 0.2) is 0 Å². The average Bonchev–Trinajstić information content (AvgIpc) is 2.24. The number of aliphatic carboxylic acids is 1. The number of aliphatic hydroxyl groups excluding tert-OH is 1. The van der Waals surface area contributed by atoms with Gasteiger partial charge >= 0.3 is 12.0 Å². The molecule has 0 radical (unpaired) electrons. The molecule has 6 heteroatoms. The van der Waals surface area contributed by atoms with Gasteiger partial charge in [-0.1, -0.05) is 6.42 Å². The first-order valence-corrected chi connectivity index (χ1v) is 5.98. The minimum absolute atomic E-state index is 0.255. The van der Waals surface area contributed by atoms with Gasteiger partial charge in [0.15, 0.2) is 6.10 Å². The van der Waals surface area contributed by atoms with Crippen molar-refractivity contribution in [3.05, 3.63) is 0 Å². The molecule has 1 rings (SSSR count). The van der Waals surface area contributed by atoms with Crippen molar-refractivity contribution in [1.82, 2.24) is 10.2 Å². The predicted molar refractivity (Wildman–Crippen MR) is 61.6 cm³/mol. The van der Waals surface area contributed by atoms with Crippen LogP contribution in [0.25, 0.3) is 0 Å². The molecule has 1 saturated carbocycles. The van der Waals surface area contributed by atoms with Gasteiger partial charge in [0.25, 0.3) is 0 Å². The van der Waals surface area contributed by atoms with Crippen LogP contribution in [0, 0.1) is 5.92 Å². The standard InChI is InChI=1S/C11H20N2O4/c1-2-13(7-8-4-3-5-8)11(17)12-6-9(14)10(15)16/h8-9,14H,2-7H2,1H3,(H,12,17)(H,15,16). The third kappa shape index (κ3) is 4.22. The molecule has 2 amide bonds. The van der Waals surface area contributed by atoms with E-state index in [2.05, 4.69) is 5.32 Å². The fraction of sp³-hybridized carbons (Fsp3) is 0.818. The van der Waals surface area contributed by atoms with Crippen LogP contribution in [0.2, 0.25) is 0 Å². The van der Waals surface area contributed by atoms with Crippen LogP contribution in [-0.2, 0) is 4.79 Å². The SMILES string of the molecule is CCN(CC1CCC1)C(=O)NCC(O)C(=O)O. The number of carbonyl (C=O) groups excluding carboxylic acids is 1. The molecule has 1 aliphatic carbocycles. The van der Waals surface area contributed by atoms with Crippen LogP contribution in [0.1, 0.15) is 26.2 Å². The largest absolute Gasteiger partial charge is 0.479 e. The number of nitrogens with zero attached hydrogens (tertiary/aromatic N) is 1.